The Kier molecular flexibility index (Phi) is 6.35. The second-order valence-electron chi connectivity index (χ2n) is 6.87. The predicted octanol–water partition coefficient (Wildman–Crippen LogP) is 4.56. The molecule has 0 unspecified atom stereocenters. The number of nitrogens with zero attached hydrogens (tertiary/aromatic N) is 3. The zero-order valence-electron chi connectivity index (χ0n) is 16.6. The average Bonchev–Trinajstić information content (AvgIpc) is 3.15. The lowest BCUT2D eigenvalue weighted by Gasteiger charge is -2.18. The number of hydrogen-bond donors (Lipinski definition) is 1. The van der Waals surface area contributed by atoms with Crippen molar-refractivity contribution in [1.82, 2.24) is 14.7 Å². The number of nitrogens with one attached hydrogen (secondary N) is 1. The van der Waals surface area contributed by atoms with Gasteiger partial charge in [0.15, 0.2) is 5.69 Å². The SMILES string of the molecule is Cc1ccc(NC(=O)CN(C)C(=O)c2cnn(-c3ccc(Cl)cc3)c2C(F)(F)F)cc1. The molecule has 0 spiro atoms. The molecule has 6 nitrogen and oxygen atoms in total. The molecular formula is C21H18ClF3N4O2. The van der Waals surface area contributed by atoms with Crippen LogP contribution in [-0.2, 0) is 11.0 Å². The van der Waals surface area contributed by atoms with Crippen molar-refractivity contribution in [2.24, 2.45) is 0 Å². The number of carbonyl (C=O) groups excluding carboxylic acids is 2. The van der Waals surface area contributed by atoms with Crippen molar-refractivity contribution in [2.45, 2.75) is 13.1 Å². The Bertz CT molecular complexity index is 1090. The fourth-order valence-corrected chi connectivity index (χ4v) is 3.01. The Hall–Kier alpha value is -3.33. The third-order valence-corrected chi connectivity index (χ3v) is 4.65. The van der Waals surface area contributed by atoms with Crippen LogP contribution < -0.4 is 5.32 Å². The van der Waals surface area contributed by atoms with E-state index in [2.05, 4.69) is 10.4 Å². The summed E-state index contributed by atoms with van der Waals surface area (Å²) in [6, 6.07) is 12.5. The number of likely N-dealkylation sites (N-methyl/N-ethyl adjacent to an activating group) is 1. The average molecular weight is 451 g/mol. The third-order valence-electron chi connectivity index (χ3n) is 4.40. The van der Waals surface area contributed by atoms with Crippen LogP contribution in [0.15, 0.2) is 54.7 Å². The lowest BCUT2D eigenvalue weighted by molar-refractivity contribution is -0.143. The fraction of sp³-hybridized carbons (Fsp3) is 0.190. The highest BCUT2D eigenvalue weighted by molar-refractivity contribution is 6.30. The normalized spacial score (nSPS) is 11.3. The molecule has 0 aliphatic heterocycles. The van der Waals surface area contributed by atoms with Crippen LogP contribution in [-0.4, -0.2) is 40.1 Å². The first-order valence-electron chi connectivity index (χ1n) is 9.09. The Labute approximate surface area is 181 Å². The number of amides is 2. The van der Waals surface area contributed by atoms with Crippen molar-refractivity contribution in [3.05, 3.63) is 76.6 Å². The summed E-state index contributed by atoms with van der Waals surface area (Å²) < 4.78 is 42.0. The first-order valence-corrected chi connectivity index (χ1v) is 9.47. The molecule has 0 bridgehead atoms. The van der Waals surface area contributed by atoms with E-state index in [-0.39, 0.29) is 5.69 Å². The molecule has 162 valence electrons. The standard InChI is InChI=1S/C21H18ClF3N4O2/c1-13-3-7-15(8-4-13)27-18(30)12-28(2)20(31)17-11-26-29(19(17)21(23,24)25)16-9-5-14(22)6-10-16/h3-11H,12H2,1-2H3,(H,27,30). The van der Waals surface area contributed by atoms with Crippen molar-refractivity contribution >= 4 is 29.1 Å². The summed E-state index contributed by atoms with van der Waals surface area (Å²) in [7, 11) is 1.25. The van der Waals surface area contributed by atoms with E-state index in [0.29, 0.717) is 15.4 Å². The molecule has 3 rings (SSSR count). The molecular weight excluding hydrogens is 433 g/mol. The van der Waals surface area contributed by atoms with E-state index >= 15 is 0 Å². The number of rotatable bonds is 5. The van der Waals surface area contributed by atoms with E-state index in [4.69, 9.17) is 11.6 Å². The van der Waals surface area contributed by atoms with Crippen LogP contribution in [0.3, 0.4) is 0 Å². The quantitative estimate of drug-likeness (QED) is 0.619. The molecule has 0 saturated heterocycles. The number of aromatic nitrogens is 2. The van der Waals surface area contributed by atoms with Crippen molar-refractivity contribution in [2.75, 3.05) is 18.9 Å². The topological polar surface area (TPSA) is 67.2 Å². The molecule has 1 aromatic heterocycles. The number of alkyl halides is 3. The fourth-order valence-electron chi connectivity index (χ4n) is 2.89. The van der Waals surface area contributed by atoms with Gasteiger partial charge < -0.3 is 10.2 Å². The summed E-state index contributed by atoms with van der Waals surface area (Å²) >= 11 is 5.79. The second-order valence-corrected chi connectivity index (χ2v) is 7.30. The number of carbonyl (C=O) groups is 2. The highest BCUT2D eigenvalue weighted by Gasteiger charge is 2.41. The Morgan fingerprint density at radius 2 is 1.71 bits per heavy atom. The Morgan fingerprint density at radius 1 is 1.10 bits per heavy atom. The highest BCUT2D eigenvalue weighted by Crippen LogP contribution is 2.34. The number of aryl methyl sites for hydroxylation is 1. The Morgan fingerprint density at radius 3 is 2.29 bits per heavy atom. The smallest absolute Gasteiger partial charge is 0.332 e. The summed E-state index contributed by atoms with van der Waals surface area (Å²) in [4.78, 5) is 25.8. The minimum absolute atomic E-state index is 0.0931. The lowest BCUT2D eigenvalue weighted by atomic mass is 10.2. The van der Waals surface area contributed by atoms with Gasteiger partial charge in [-0.3, -0.25) is 9.59 Å². The van der Waals surface area contributed by atoms with Gasteiger partial charge in [-0.15, -0.1) is 0 Å². The van der Waals surface area contributed by atoms with Gasteiger partial charge in [0.05, 0.1) is 24.0 Å². The minimum atomic E-state index is -4.86. The monoisotopic (exact) mass is 450 g/mol. The summed E-state index contributed by atoms with van der Waals surface area (Å²) in [6.07, 6.45) is -4.01. The summed E-state index contributed by atoms with van der Waals surface area (Å²) in [5, 5.41) is 6.69. The molecule has 2 amide bonds. The minimum Gasteiger partial charge on any atom is -0.332 e. The van der Waals surface area contributed by atoms with Crippen LogP contribution >= 0.6 is 11.6 Å². The maximum absolute atomic E-state index is 13.8. The van der Waals surface area contributed by atoms with Gasteiger partial charge in [0.1, 0.15) is 0 Å². The maximum atomic E-state index is 13.8. The molecule has 3 aromatic rings. The molecule has 1 heterocycles. The Balaban J connectivity index is 1.82. The molecule has 0 atom stereocenters. The largest absolute Gasteiger partial charge is 0.434 e. The first kappa shape index (κ1) is 22.4. The van der Waals surface area contributed by atoms with Gasteiger partial charge >= 0.3 is 6.18 Å². The molecule has 2 aromatic carbocycles. The molecule has 0 fully saturated rings. The van der Waals surface area contributed by atoms with E-state index < -0.39 is 35.8 Å². The number of anilines is 1. The molecule has 0 saturated carbocycles. The summed E-state index contributed by atoms with van der Waals surface area (Å²) in [5.41, 5.74) is -0.278. The van der Waals surface area contributed by atoms with E-state index in [1.165, 1.54) is 31.3 Å². The molecule has 0 aliphatic rings. The van der Waals surface area contributed by atoms with Crippen LogP contribution in [0.2, 0.25) is 5.02 Å². The van der Waals surface area contributed by atoms with Crippen molar-refractivity contribution in [3.8, 4) is 5.69 Å². The maximum Gasteiger partial charge on any atom is 0.434 e. The number of halogens is 4. The molecule has 10 heteroatoms. The summed E-state index contributed by atoms with van der Waals surface area (Å²) in [5.74, 6) is -1.52. The van der Waals surface area contributed by atoms with Crippen LogP contribution in [0.1, 0.15) is 21.6 Å². The van der Waals surface area contributed by atoms with Gasteiger partial charge in [-0.05, 0) is 43.3 Å². The van der Waals surface area contributed by atoms with Gasteiger partial charge in [0.2, 0.25) is 5.91 Å². The van der Waals surface area contributed by atoms with E-state index in [1.54, 1.807) is 24.3 Å². The van der Waals surface area contributed by atoms with Gasteiger partial charge in [-0.1, -0.05) is 29.3 Å². The zero-order valence-corrected chi connectivity index (χ0v) is 17.3. The van der Waals surface area contributed by atoms with Gasteiger partial charge in [0.25, 0.3) is 5.91 Å². The van der Waals surface area contributed by atoms with E-state index in [1.807, 2.05) is 6.92 Å². The van der Waals surface area contributed by atoms with Crippen molar-refractivity contribution in [3.63, 3.8) is 0 Å². The van der Waals surface area contributed by atoms with Gasteiger partial charge in [-0.2, -0.15) is 18.3 Å². The van der Waals surface area contributed by atoms with Crippen molar-refractivity contribution in [1.29, 1.82) is 0 Å². The highest BCUT2D eigenvalue weighted by atomic mass is 35.5. The molecule has 31 heavy (non-hydrogen) atoms. The van der Waals surface area contributed by atoms with E-state index in [0.717, 1.165) is 16.7 Å². The lowest BCUT2D eigenvalue weighted by Crippen LogP contribution is -2.35. The van der Waals surface area contributed by atoms with Gasteiger partial charge in [0, 0.05) is 17.8 Å². The molecule has 0 radical (unpaired) electrons. The van der Waals surface area contributed by atoms with Crippen molar-refractivity contribution < 1.29 is 22.8 Å². The summed E-state index contributed by atoms with van der Waals surface area (Å²) in [6.45, 7) is 1.45. The predicted molar refractivity (Wildman–Crippen MR) is 110 cm³/mol. The number of hydrogen-bond acceptors (Lipinski definition) is 3. The molecule has 1 N–H and O–H groups in total. The van der Waals surface area contributed by atoms with Crippen LogP contribution in [0.5, 0.6) is 0 Å². The van der Waals surface area contributed by atoms with Gasteiger partial charge in [-0.25, -0.2) is 4.68 Å². The van der Waals surface area contributed by atoms with Crippen LogP contribution in [0.4, 0.5) is 18.9 Å². The first-order chi connectivity index (χ1) is 14.6. The van der Waals surface area contributed by atoms with E-state index in [9.17, 15) is 22.8 Å². The second kappa shape index (κ2) is 8.81. The van der Waals surface area contributed by atoms with Crippen LogP contribution in [0, 0.1) is 6.92 Å². The third kappa shape index (κ3) is 5.24. The van der Waals surface area contributed by atoms with Crippen LogP contribution in [0.25, 0.3) is 5.69 Å². The zero-order chi connectivity index (χ0) is 22.8. The number of benzene rings is 2. The molecule has 0 aliphatic carbocycles.